The number of nitrogens with zero attached hydrogens (tertiary/aromatic N) is 1. The molecular weight excluding hydrogens is 485 g/mol. The van der Waals surface area contributed by atoms with Crippen molar-refractivity contribution in [1.82, 2.24) is 10.2 Å². The minimum atomic E-state index is -5.19. The standard InChI is InChI=1S/C21H30N4O4.C2HF3O2/c1-13(24-19(28)16-6-4-15(5-7-16)18(22)23)21(2,3)20(29)25-10-8-14(9-11-25)12-17(26)27;3-2(4,5)1(6)7/h4-7,13-14H,8-12H2,1-3H3,(H3,22,23)(H,24,28)(H,26,27);(H,6,7). The van der Waals surface area contributed by atoms with Gasteiger partial charge in [-0.2, -0.15) is 13.2 Å². The number of carbonyl (C=O) groups is 4. The van der Waals surface area contributed by atoms with E-state index in [1.807, 2.05) is 20.8 Å². The lowest BCUT2D eigenvalue weighted by Crippen LogP contribution is -2.53. The molecule has 200 valence electrons. The van der Waals surface area contributed by atoms with Gasteiger partial charge in [0, 0.05) is 31.1 Å². The van der Waals surface area contributed by atoms with Crippen molar-refractivity contribution in [2.45, 2.75) is 52.3 Å². The van der Waals surface area contributed by atoms with Crippen LogP contribution in [0.1, 0.15) is 56.0 Å². The summed E-state index contributed by atoms with van der Waals surface area (Å²) in [4.78, 5) is 47.0. The number of carboxylic acids is 2. The molecule has 0 aromatic heterocycles. The van der Waals surface area contributed by atoms with E-state index in [1.54, 1.807) is 29.2 Å². The van der Waals surface area contributed by atoms with Gasteiger partial charge in [-0.25, -0.2) is 0 Å². The molecule has 10 nitrogen and oxygen atoms in total. The molecule has 6 N–H and O–H groups in total. The third-order valence-electron chi connectivity index (χ3n) is 6.06. The van der Waals surface area contributed by atoms with Crippen molar-refractivity contribution in [3.05, 3.63) is 35.4 Å². The van der Waals surface area contributed by atoms with Gasteiger partial charge in [0.25, 0.3) is 11.7 Å². The van der Waals surface area contributed by atoms with Gasteiger partial charge in [0.15, 0.2) is 0 Å². The molecule has 1 atom stereocenters. The van der Waals surface area contributed by atoms with Crippen LogP contribution in [0.4, 0.5) is 13.2 Å². The number of carbonyl (C=O) groups excluding carboxylic acids is 3. The second kappa shape index (κ2) is 12.4. The fourth-order valence-corrected chi connectivity index (χ4v) is 3.45. The predicted molar refractivity (Wildman–Crippen MR) is 120 cm³/mol. The number of hydrogen-bond acceptors (Lipinski definition) is 5. The Balaban J connectivity index is 0.000000809. The molecule has 0 radical (unpaired) electrons. The van der Waals surface area contributed by atoms with Crippen molar-refractivity contribution in [2.75, 3.05) is 13.1 Å². The van der Waals surface area contributed by atoms with E-state index in [9.17, 15) is 27.6 Å². The first-order chi connectivity index (χ1) is 16.5. The molecule has 1 heterocycles. The zero-order valence-corrected chi connectivity index (χ0v) is 20.2. The Hall–Kier alpha value is -3.64. The van der Waals surface area contributed by atoms with Crippen molar-refractivity contribution < 1.29 is 48.0 Å². The molecular formula is C23H31F3N4O6. The first-order valence-corrected chi connectivity index (χ1v) is 11.0. The summed E-state index contributed by atoms with van der Waals surface area (Å²) in [6.07, 6.45) is -3.69. The summed E-state index contributed by atoms with van der Waals surface area (Å²) < 4.78 is 31.5. The van der Waals surface area contributed by atoms with E-state index in [4.69, 9.17) is 26.2 Å². The van der Waals surface area contributed by atoms with Gasteiger partial charge in [-0.3, -0.25) is 25.5 Å². The van der Waals surface area contributed by atoms with Gasteiger partial charge in [0.05, 0.1) is 11.0 Å². The van der Waals surface area contributed by atoms with E-state index < -0.39 is 29.6 Å². The first-order valence-electron chi connectivity index (χ1n) is 11.0. The van der Waals surface area contributed by atoms with Gasteiger partial charge < -0.3 is 25.2 Å². The number of aliphatic carboxylic acids is 2. The SMILES string of the molecule is CC(NC(=O)c1ccc(C(N)=[NH2+])cc1)C(C)(C)C(=O)N1CCC(CC(=O)O)CC1.O=C([O-])C(F)(F)F. The van der Waals surface area contributed by atoms with E-state index in [0.717, 1.165) is 0 Å². The average Bonchev–Trinajstić information content (AvgIpc) is 2.78. The topological polar surface area (TPSA) is 178 Å². The zero-order chi connectivity index (χ0) is 27.8. The normalized spacial score (nSPS) is 15.2. The van der Waals surface area contributed by atoms with E-state index in [2.05, 4.69) is 5.32 Å². The number of hydrogen-bond donors (Lipinski definition) is 4. The van der Waals surface area contributed by atoms with Crippen molar-refractivity contribution in [1.29, 1.82) is 0 Å². The minimum Gasteiger partial charge on any atom is -0.542 e. The van der Waals surface area contributed by atoms with E-state index in [1.165, 1.54) is 0 Å². The predicted octanol–water partition coefficient (Wildman–Crippen LogP) is -0.693. The molecule has 1 fully saturated rings. The minimum absolute atomic E-state index is 0.0417. The molecule has 2 rings (SSSR count). The number of amidine groups is 1. The van der Waals surface area contributed by atoms with Crippen molar-refractivity contribution in [2.24, 2.45) is 17.1 Å². The highest BCUT2D eigenvalue weighted by atomic mass is 19.4. The highest BCUT2D eigenvalue weighted by molar-refractivity contribution is 5.97. The van der Waals surface area contributed by atoms with Crippen molar-refractivity contribution in [3.8, 4) is 0 Å². The Labute approximate surface area is 206 Å². The molecule has 1 aromatic rings. The van der Waals surface area contributed by atoms with Crippen molar-refractivity contribution >= 4 is 29.6 Å². The molecule has 13 heteroatoms. The zero-order valence-electron chi connectivity index (χ0n) is 20.2. The van der Waals surface area contributed by atoms with Gasteiger partial charge in [0.1, 0.15) is 5.97 Å². The van der Waals surface area contributed by atoms with Crippen LogP contribution in [0.2, 0.25) is 0 Å². The molecule has 0 bridgehead atoms. The number of rotatable bonds is 7. The van der Waals surface area contributed by atoms with Crippen LogP contribution in [0.3, 0.4) is 0 Å². The summed E-state index contributed by atoms with van der Waals surface area (Å²) in [5.41, 5.74) is 5.84. The Morgan fingerprint density at radius 1 is 1.14 bits per heavy atom. The van der Waals surface area contributed by atoms with E-state index in [-0.39, 0.29) is 30.0 Å². The Bertz CT molecular complexity index is 971. The fourth-order valence-electron chi connectivity index (χ4n) is 3.45. The Morgan fingerprint density at radius 2 is 1.58 bits per heavy atom. The number of nitrogens with one attached hydrogen (secondary N) is 1. The molecule has 0 aliphatic carbocycles. The Kier molecular flexibility index (Phi) is 10.4. The Morgan fingerprint density at radius 3 is 1.97 bits per heavy atom. The number of piperidine rings is 1. The maximum Gasteiger partial charge on any atom is 0.430 e. The lowest BCUT2D eigenvalue weighted by Gasteiger charge is -2.39. The summed E-state index contributed by atoms with van der Waals surface area (Å²) in [5.74, 6) is -3.83. The monoisotopic (exact) mass is 516 g/mol. The largest absolute Gasteiger partial charge is 0.542 e. The van der Waals surface area contributed by atoms with Gasteiger partial charge in [-0.1, -0.05) is 0 Å². The molecule has 1 saturated heterocycles. The van der Waals surface area contributed by atoms with Crippen LogP contribution >= 0.6 is 0 Å². The second-order valence-corrected chi connectivity index (χ2v) is 9.07. The third kappa shape index (κ3) is 8.86. The molecule has 1 unspecified atom stereocenters. The second-order valence-electron chi connectivity index (χ2n) is 9.07. The van der Waals surface area contributed by atoms with Gasteiger partial charge in [-0.05, 0) is 63.8 Å². The molecule has 1 aliphatic heterocycles. The van der Waals surface area contributed by atoms with Crippen LogP contribution in [0.25, 0.3) is 0 Å². The van der Waals surface area contributed by atoms with Gasteiger partial charge in [-0.15, -0.1) is 0 Å². The summed E-state index contributed by atoms with van der Waals surface area (Å²) in [6, 6.07) is 6.22. The maximum atomic E-state index is 13.1. The van der Waals surface area contributed by atoms with E-state index >= 15 is 0 Å². The van der Waals surface area contributed by atoms with Crippen LogP contribution in [0.15, 0.2) is 24.3 Å². The summed E-state index contributed by atoms with van der Waals surface area (Å²) in [6.45, 7) is 6.53. The highest BCUT2D eigenvalue weighted by Crippen LogP contribution is 2.28. The molecule has 2 amide bonds. The molecule has 1 aromatic carbocycles. The summed E-state index contributed by atoms with van der Waals surface area (Å²) >= 11 is 0. The smallest absolute Gasteiger partial charge is 0.430 e. The summed E-state index contributed by atoms with van der Waals surface area (Å²) in [7, 11) is 0. The number of benzene rings is 1. The number of carboxylic acid groups (broad SMARTS) is 2. The number of halogens is 3. The van der Waals surface area contributed by atoms with Crippen LogP contribution in [-0.2, 0) is 14.4 Å². The number of amides is 2. The average molecular weight is 517 g/mol. The van der Waals surface area contributed by atoms with Crippen LogP contribution in [0.5, 0.6) is 0 Å². The third-order valence-corrected chi connectivity index (χ3v) is 6.06. The number of alkyl halides is 3. The molecule has 0 spiro atoms. The lowest BCUT2D eigenvalue weighted by atomic mass is 9.82. The maximum absolute atomic E-state index is 13.1. The molecule has 1 aliphatic rings. The molecule has 36 heavy (non-hydrogen) atoms. The number of nitrogens with two attached hydrogens (primary N) is 2. The quantitative estimate of drug-likeness (QED) is 0.273. The van der Waals surface area contributed by atoms with Gasteiger partial charge >= 0.3 is 12.1 Å². The van der Waals surface area contributed by atoms with Crippen LogP contribution in [0, 0.1) is 11.3 Å². The number of likely N-dealkylation sites (tertiary alicyclic amines) is 1. The fraction of sp³-hybridized carbons (Fsp3) is 0.522. The summed E-state index contributed by atoms with van der Waals surface area (Å²) in [5, 5.41) is 26.2. The van der Waals surface area contributed by atoms with Crippen LogP contribution in [-0.4, -0.2) is 64.9 Å². The van der Waals surface area contributed by atoms with Crippen LogP contribution < -0.4 is 21.6 Å². The van der Waals surface area contributed by atoms with Crippen molar-refractivity contribution in [3.63, 3.8) is 0 Å². The first kappa shape index (κ1) is 30.4. The lowest BCUT2D eigenvalue weighted by molar-refractivity contribution is -0.344. The van der Waals surface area contributed by atoms with E-state index in [0.29, 0.717) is 37.1 Å². The highest BCUT2D eigenvalue weighted by Gasteiger charge is 2.39. The molecule has 0 saturated carbocycles. The van der Waals surface area contributed by atoms with Gasteiger partial charge in [0.2, 0.25) is 5.91 Å².